The van der Waals surface area contributed by atoms with E-state index in [1.54, 1.807) is 24.3 Å². The number of alkyl halides is 3. The first-order valence-corrected chi connectivity index (χ1v) is 6.41. The standard InChI is InChI=1S/C16H10F3N3O/c17-16(18,19)12-4-3-6-14(9-12)22-15(23)11(10-20)8-13-5-1-2-7-21-13/h1-9H,(H,22,23)/b11-8+. The van der Waals surface area contributed by atoms with Gasteiger partial charge in [-0.2, -0.15) is 18.4 Å². The number of pyridine rings is 1. The summed E-state index contributed by atoms with van der Waals surface area (Å²) >= 11 is 0. The van der Waals surface area contributed by atoms with Gasteiger partial charge in [0.05, 0.1) is 11.3 Å². The highest BCUT2D eigenvalue weighted by Crippen LogP contribution is 2.30. The second-order valence-corrected chi connectivity index (χ2v) is 4.46. The lowest BCUT2D eigenvalue weighted by Gasteiger charge is -2.09. The minimum Gasteiger partial charge on any atom is -0.321 e. The molecule has 0 spiro atoms. The van der Waals surface area contributed by atoms with Crippen LogP contribution < -0.4 is 5.32 Å². The monoisotopic (exact) mass is 317 g/mol. The molecule has 0 aliphatic carbocycles. The van der Waals surface area contributed by atoms with E-state index < -0.39 is 17.6 Å². The molecule has 1 N–H and O–H groups in total. The molecule has 1 amide bonds. The Bertz CT molecular complexity index is 777. The summed E-state index contributed by atoms with van der Waals surface area (Å²) in [7, 11) is 0. The van der Waals surface area contributed by atoms with E-state index in [1.807, 2.05) is 0 Å². The van der Waals surface area contributed by atoms with E-state index in [4.69, 9.17) is 5.26 Å². The van der Waals surface area contributed by atoms with E-state index in [9.17, 15) is 18.0 Å². The first-order valence-electron chi connectivity index (χ1n) is 6.41. The van der Waals surface area contributed by atoms with Crippen LogP contribution in [-0.4, -0.2) is 10.9 Å². The first-order chi connectivity index (χ1) is 10.9. The maximum absolute atomic E-state index is 12.6. The van der Waals surface area contributed by atoms with Crippen LogP contribution in [0.25, 0.3) is 6.08 Å². The molecule has 0 aliphatic heterocycles. The van der Waals surface area contributed by atoms with Crippen LogP contribution in [0.15, 0.2) is 54.2 Å². The summed E-state index contributed by atoms with van der Waals surface area (Å²) in [5.74, 6) is -0.808. The van der Waals surface area contributed by atoms with Crippen molar-refractivity contribution >= 4 is 17.7 Å². The molecule has 2 rings (SSSR count). The molecule has 0 unspecified atom stereocenters. The zero-order chi connectivity index (χ0) is 16.9. The lowest BCUT2D eigenvalue weighted by Crippen LogP contribution is -2.14. The van der Waals surface area contributed by atoms with Crippen LogP contribution in [0.2, 0.25) is 0 Å². The van der Waals surface area contributed by atoms with Crippen LogP contribution in [-0.2, 0) is 11.0 Å². The van der Waals surface area contributed by atoms with Crippen molar-refractivity contribution in [2.75, 3.05) is 5.32 Å². The van der Waals surface area contributed by atoms with Gasteiger partial charge in [-0.1, -0.05) is 12.1 Å². The number of rotatable bonds is 3. The van der Waals surface area contributed by atoms with Crippen molar-refractivity contribution in [2.24, 2.45) is 0 Å². The fourth-order valence-electron chi connectivity index (χ4n) is 1.73. The Hall–Kier alpha value is -3.14. The topological polar surface area (TPSA) is 65.8 Å². The number of nitrogens with zero attached hydrogens (tertiary/aromatic N) is 2. The lowest BCUT2D eigenvalue weighted by atomic mass is 10.1. The predicted molar refractivity (Wildman–Crippen MR) is 77.9 cm³/mol. The molecular weight excluding hydrogens is 307 g/mol. The zero-order valence-corrected chi connectivity index (χ0v) is 11.6. The van der Waals surface area contributed by atoms with Gasteiger partial charge in [-0.05, 0) is 36.4 Å². The molecule has 0 atom stereocenters. The van der Waals surface area contributed by atoms with E-state index in [1.165, 1.54) is 24.4 Å². The van der Waals surface area contributed by atoms with Gasteiger partial charge in [0.25, 0.3) is 5.91 Å². The summed E-state index contributed by atoms with van der Waals surface area (Å²) < 4.78 is 37.9. The molecule has 1 aromatic heterocycles. The number of nitrogens with one attached hydrogen (secondary N) is 1. The maximum atomic E-state index is 12.6. The Labute approximate surface area is 129 Å². The highest BCUT2D eigenvalue weighted by Gasteiger charge is 2.30. The van der Waals surface area contributed by atoms with Gasteiger partial charge in [-0.3, -0.25) is 9.78 Å². The van der Waals surface area contributed by atoms with Crippen LogP contribution in [0.3, 0.4) is 0 Å². The summed E-state index contributed by atoms with van der Waals surface area (Å²) in [5.41, 5.74) is -0.807. The Morgan fingerprint density at radius 3 is 2.61 bits per heavy atom. The van der Waals surface area contributed by atoms with Gasteiger partial charge >= 0.3 is 6.18 Å². The fourth-order valence-corrected chi connectivity index (χ4v) is 1.73. The summed E-state index contributed by atoms with van der Waals surface area (Å²) in [5, 5.41) is 11.3. The van der Waals surface area contributed by atoms with Gasteiger partial charge in [0, 0.05) is 11.9 Å². The van der Waals surface area contributed by atoms with Gasteiger partial charge < -0.3 is 5.32 Å². The summed E-state index contributed by atoms with van der Waals surface area (Å²) in [6, 6.07) is 10.8. The molecule has 0 saturated carbocycles. The molecular formula is C16H10F3N3O. The molecule has 4 nitrogen and oxygen atoms in total. The number of carbonyl (C=O) groups is 1. The number of nitriles is 1. The van der Waals surface area contributed by atoms with Crippen molar-refractivity contribution in [3.05, 3.63) is 65.5 Å². The molecule has 0 fully saturated rings. The number of hydrogen-bond acceptors (Lipinski definition) is 3. The Morgan fingerprint density at radius 1 is 1.22 bits per heavy atom. The molecule has 1 aromatic carbocycles. The number of benzene rings is 1. The van der Waals surface area contributed by atoms with Crippen LogP contribution in [0.1, 0.15) is 11.3 Å². The highest BCUT2D eigenvalue weighted by atomic mass is 19.4. The minimum absolute atomic E-state index is 0.0491. The molecule has 0 radical (unpaired) electrons. The quantitative estimate of drug-likeness (QED) is 0.694. The third-order valence-electron chi connectivity index (χ3n) is 2.79. The molecule has 0 aliphatic rings. The van der Waals surface area contributed by atoms with E-state index in [-0.39, 0.29) is 11.3 Å². The molecule has 0 saturated heterocycles. The predicted octanol–water partition coefficient (Wildman–Crippen LogP) is 3.65. The largest absolute Gasteiger partial charge is 0.416 e. The van der Waals surface area contributed by atoms with Gasteiger partial charge in [-0.15, -0.1) is 0 Å². The molecule has 0 bridgehead atoms. The van der Waals surface area contributed by atoms with Crippen LogP contribution in [0.5, 0.6) is 0 Å². The normalized spacial score (nSPS) is 11.7. The maximum Gasteiger partial charge on any atom is 0.416 e. The third kappa shape index (κ3) is 4.41. The van der Waals surface area contributed by atoms with E-state index in [2.05, 4.69) is 10.3 Å². The van der Waals surface area contributed by atoms with Crippen molar-refractivity contribution < 1.29 is 18.0 Å². The zero-order valence-electron chi connectivity index (χ0n) is 11.6. The summed E-state index contributed by atoms with van der Waals surface area (Å²) in [6.07, 6.45) is -1.77. The number of halogens is 3. The van der Waals surface area contributed by atoms with Crippen LogP contribution in [0, 0.1) is 11.3 Å². The number of aromatic nitrogens is 1. The van der Waals surface area contributed by atoms with Crippen molar-refractivity contribution in [3.63, 3.8) is 0 Å². The van der Waals surface area contributed by atoms with Crippen LogP contribution >= 0.6 is 0 Å². The second kappa shape index (κ2) is 6.75. The van der Waals surface area contributed by atoms with E-state index in [0.717, 1.165) is 12.1 Å². The van der Waals surface area contributed by atoms with Gasteiger partial charge in [-0.25, -0.2) is 0 Å². The van der Waals surface area contributed by atoms with E-state index in [0.29, 0.717) is 5.69 Å². The molecule has 23 heavy (non-hydrogen) atoms. The van der Waals surface area contributed by atoms with Crippen LogP contribution in [0.4, 0.5) is 18.9 Å². The van der Waals surface area contributed by atoms with Gasteiger partial charge in [0.2, 0.25) is 0 Å². The minimum atomic E-state index is -4.51. The summed E-state index contributed by atoms with van der Waals surface area (Å²) in [4.78, 5) is 15.9. The highest BCUT2D eigenvalue weighted by molar-refractivity contribution is 6.09. The molecule has 2 aromatic rings. The molecule has 116 valence electrons. The molecule has 1 heterocycles. The number of carbonyl (C=O) groups excluding carboxylic acids is 1. The Kier molecular flexibility index (Phi) is 4.76. The average Bonchev–Trinajstić information content (AvgIpc) is 2.53. The SMILES string of the molecule is N#C/C(=C\c1ccccn1)C(=O)Nc1cccc(C(F)(F)F)c1. The Morgan fingerprint density at radius 2 is 2.00 bits per heavy atom. The Balaban J connectivity index is 2.21. The second-order valence-electron chi connectivity index (χ2n) is 4.46. The van der Waals surface area contributed by atoms with Crippen molar-refractivity contribution in [1.82, 2.24) is 4.98 Å². The van der Waals surface area contributed by atoms with Gasteiger partial charge in [0.15, 0.2) is 0 Å². The number of anilines is 1. The van der Waals surface area contributed by atoms with E-state index >= 15 is 0 Å². The summed E-state index contributed by atoms with van der Waals surface area (Å²) in [6.45, 7) is 0. The van der Waals surface area contributed by atoms with Crippen molar-refractivity contribution in [2.45, 2.75) is 6.18 Å². The molecule has 7 heteroatoms. The number of amides is 1. The average molecular weight is 317 g/mol. The van der Waals surface area contributed by atoms with Crippen molar-refractivity contribution in [3.8, 4) is 6.07 Å². The smallest absolute Gasteiger partial charge is 0.321 e. The van der Waals surface area contributed by atoms with Crippen molar-refractivity contribution in [1.29, 1.82) is 5.26 Å². The van der Waals surface area contributed by atoms with Gasteiger partial charge in [0.1, 0.15) is 11.6 Å². The lowest BCUT2D eigenvalue weighted by molar-refractivity contribution is -0.137. The number of hydrogen-bond donors (Lipinski definition) is 1. The fraction of sp³-hybridized carbons (Fsp3) is 0.0625. The third-order valence-corrected chi connectivity index (χ3v) is 2.79. The first kappa shape index (κ1) is 16.2.